The molecule has 4 heteroatoms. The molecule has 0 bridgehead atoms. The van der Waals surface area contributed by atoms with Crippen molar-refractivity contribution in [3.63, 3.8) is 0 Å². The van der Waals surface area contributed by atoms with Crippen molar-refractivity contribution in [1.29, 1.82) is 0 Å². The highest BCUT2D eigenvalue weighted by Gasteiger charge is 2.08. The van der Waals surface area contributed by atoms with Gasteiger partial charge in [-0.15, -0.1) is 0 Å². The Balaban J connectivity index is 1.94. The summed E-state index contributed by atoms with van der Waals surface area (Å²) < 4.78 is 31.5. The summed E-state index contributed by atoms with van der Waals surface area (Å²) in [7, 11) is 1.65. The van der Waals surface area contributed by atoms with Crippen LogP contribution in [0.25, 0.3) is 0 Å². The van der Waals surface area contributed by atoms with E-state index < -0.39 is 11.6 Å². The SMILES string of the molecule is COc1ccccc1CC(C)NCc1cc(F)cc(F)c1. The Kier molecular flexibility index (Phi) is 5.28. The topological polar surface area (TPSA) is 21.3 Å². The number of hydrogen-bond acceptors (Lipinski definition) is 2. The van der Waals surface area contributed by atoms with Gasteiger partial charge in [0.15, 0.2) is 0 Å². The van der Waals surface area contributed by atoms with E-state index in [-0.39, 0.29) is 6.04 Å². The van der Waals surface area contributed by atoms with E-state index in [1.807, 2.05) is 31.2 Å². The van der Waals surface area contributed by atoms with E-state index in [9.17, 15) is 8.78 Å². The van der Waals surface area contributed by atoms with Crippen LogP contribution in [0.5, 0.6) is 5.75 Å². The molecule has 0 spiro atoms. The van der Waals surface area contributed by atoms with Crippen LogP contribution in [0.15, 0.2) is 42.5 Å². The molecule has 112 valence electrons. The number of rotatable bonds is 6. The van der Waals surface area contributed by atoms with Gasteiger partial charge in [-0.25, -0.2) is 8.78 Å². The minimum atomic E-state index is -0.552. The third-order valence-electron chi connectivity index (χ3n) is 3.30. The van der Waals surface area contributed by atoms with E-state index in [0.717, 1.165) is 23.8 Å². The predicted molar refractivity (Wildman–Crippen MR) is 79.4 cm³/mol. The molecule has 0 aliphatic rings. The molecule has 21 heavy (non-hydrogen) atoms. The Hall–Kier alpha value is -1.94. The number of para-hydroxylation sites is 1. The average molecular weight is 291 g/mol. The summed E-state index contributed by atoms with van der Waals surface area (Å²) in [6, 6.07) is 11.5. The van der Waals surface area contributed by atoms with Gasteiger partial charge in [-0.1, -0.05) is 18.2 Å². The van der Waals surface area contributed by atoms with Crippen molar-refractivity contribution in [2.75, 3.05) is 7.11 Å². The molecule has 0 aliphatic heterocycles. The van der Waals surface area contributed by atoms with Gasteiger partial charge in [0.1, 0.15) is 17.4 Å². The van der Waals surface area contributed by atoms with Gasteiger partial charge in [-0.3, -0.25) is 0 Å². The van der Waals surface area contributed by atoms with Gasteiger partial charge in [0.2, 0.25) is 0 Å². The first-order chi connectivity index (χ1) is 10.1. The Bertz CT molecular complexity index is 581. The van der Waals surface area contributed by atoms with E-state index >= 15 is 0 Å². The maximum absolute atomic E-state index is 13.1. The number of ether oxygens (including phenoxy) is 1. The lowest BCUT2D eigenvalue weighted by Gasteiger charge is -2.16. The zero-order valence-electron chi connectivity index (χ0n) is 12.2. The van der Waals surface area contributed by atoms with Crippen LogP contribution in [-0.2, 0) is 13.0 Å². The molecule has 0 saturated carbocycles. The quantitative estimate of drug-likeness (QED) is 0.876. The van der Waals surface area contributed by atoms with Crippen molar-refractivity contribution in [2.24, 2.45) is 0 Å². The fourth-order valence-corrected chi connectivity index (χ4v) is 2.28. The smallest absolute Gasteiger partial charge is 0.126 e. The van der Waals surface area contributed by atoms with Crippen molar-refractivity contribution >= 4 is 0 Å². The molecule has 1 N–H and O–H groups in total. The minimum absolute atomic E-state index is 0.160. The van der Waals surface area contributed by atoms with Crippen molar-refractivity contribution in [2.45, 2.75) is 25.9 Å². The lowest BCUT2D eigenvalue weighted by Crippen LogP contribution is -2.27. The summed E-state index contributed by atoms with van der Waals surface area (Å²) >= 11 is 0. The Morgan fingerprint density at radius 3 is 2.43 bits per heavy atom. The monoisotopic (exact) mass is 291 g/mol. The van der Waals surface area contributed by atoms with Crippen LogP contribution in [0, 0.1) is 11.6 Å². The third kappa shape index (κ3) is 4.53. The second-order valence-corrected chi connectivity index (χ2v) is 5.08. The summed E-state index contributed by atoms with van der Waals surface area (Å²) in [4.78, 5) is 0. The summed E-state index contributed by atoms with van der Waals surface area (Å²) in [5.41, 5.74) is 1.70. The van der Waals surface area contributed by atoms with E-state index in [4.69, 9.17) is 4.74 Å². The Labute approximate surface area is 123 Å². The van der Waals surface area contributed by atoms with Crippen molar-refractivity contribution in [3.05, 3.63) is 65.2 Å². The molecule has 0 amide bonds. The van der Waals surface area contributed by atoms with E-state index in [1.54, 1.807) is 7.11 Å². The molecule has 0 aromatic heterocycles. The number of methoxy groups -OCH3 is 1. The maximum atomic E-state index is 13.1. The first-order valence-electron chi connectivity index (χ1n) is 6.88. The van der Waals surface area contributed by atoms with Crippen molar-refractivity contribution < 1.29 is 13.5 Å². The fraction of sp³-hybridized carbons (Fsp3) is 0.294. The van der Waals surface area contributed by atoms with Gasteiger partial charge in [0, 0.05) is 18.7 Å². The molecule has 2 aromatic carbocycles. The van der Waals surface area contributed by atoms with Gasteiger partial charge in [-0.2, -0.15) is 0 Å². The van der Waals surface area contributed by atoms with E-state index in [2.05, 4.69) is 5.32 Å². The van der Waals surface area contributed by atoms with Gasteiger partial charge in [0.05, 0.1) is 7.11 Å². The first-order valence-corrected chi connectivity index (χ1v) is 6.88. The maximum Gasteiger partial charge on any atom is 0.126 e. The third-order valence-corrected chi connectivity index (χ3v) is 3.30. The molecule has 0 heterocycles. The molecule has 1 unspecified atom stereocenters. The Morgan fingerprint density at radius 1 is 1.10 bits per heavy atom. The van der Waals surface area contributed by atoms with Gasteiger partial charge >= 0.3 is 0 Å². The Morgan fingerprint density at radius 2 is 1.76 bits per heavy atom. The molecule has 1 atom stereocenters. The lowest BCUT2D eigenvalue weighted by molar-refractivity contribution is 0.406. The van der Waals surface area contributed by atoms with E-state index in [1.165, 1.54) is 12.1 Å². The molecular formula is C17H19F2NO. The van der Waals surface area contributed by atoms with Crippen molar-refractivity contribution in [1.82, 2.24) is 5.32 Å². The molecule has 0 saturated heterocycles. The zero-order valence-corrected chi connectivity index (χ0v) is 12.2. The van der Waals surface area contributed by atoms with E-state index in [0.29, 0.717) is 12.1 Å². The normalized spacial score (nSPS) is 12.2. The highest BCUT2D eigenvalue weighted by molar-refractivity contribution is 5.33. The summed E-state index contributed by atoms with van der Waals surface area (Å²) in [6.07, 6.45) is 0.780. The highest BCUT2D eigenvalue weighted by atomic mass is 19.1. The van der Waals surface area contributed by atoms with Gasteiger partial charge < -0.3 is 10.1 Å². The summed E-state index contributed by atoms with van der Waals surface area (Å²) in [5, 5.41) is 3.26. The average Bonchev–Trinajstić information content (AvgIpc) is 2.45. The zero-order chi connectivity index (χ0) is 15.2. The second-order valence-electron chi connectivity index (χ2n) is 5.08. The molecule has 0 aliphatic carbocycles. The number of benzene rings is 2. The summed E-state index contributed by atoms with van der Waals surface area (Å²) in [6.45, 7) is 2.45. The van der Waals surface area contributed by atoms with Crippen LogP contribution in [0.1, 0.15) is 18.1 Å². The molecule has 0 radical (unpaired) electrons. The van der Waals surface area contributed by atoms with Gasteiger partial charge in [0.25, 0.3) is 0 Å². The standard InChI is InChI=1S/C17H19F2NO/c1-12(7-14-5-3-4-6-17(14)21-2)20-11-13-8-15(18)10-16(19)9-13/h3-6,8-10,12,20H,7,11H2,1-2H3. The predicted octanol–water partition coefficient (Wildman–Crippen LogP) is 3.69. The van der Waals surface area contributed by atoms with Crippen LogP contribution < -0.4 is 10.1 Å². The second kappa shape index (κ2) is 7.18. The van der Waals surface area contributed by atoms with Crippen LogP contribution in [0.2, 0.25) is 0 Å². The van der Waals surface area contributed by atoms with Gasteiger partial charge in [-0.05, 0) is 42.7 Å². The van der Waals surface area contributed by atoms with Crippen LogP contribution in [-0.4, -0.2) is 13.2 Å². The number of nitrogens with one attached hydrogen (secondary N) is 1. The summed E-state index contributed by atoms with van der Waals surface area (Å²) in [5.74, 6) is -0.253. The molecule has 2 aromatic rings. The number of hydrogen-bond donors (Lipinski definition) is 1. The highest BCUT2D eigenvalue weighted by Crippen LogP contribution is 2.19. The molecule has 2 rings (SSSR count). The van der Waals surface area contributed by atoms with Crippen LogP contribution in [0.3, 0.4) is 0 Å². The number of halogens is 2. The molecule has 0 fully saturated rings. The first kappa shape index (κ1) is 15.4. The van der Waals surface area contributed by atoms with Crippen LogP contribution in [0.4, 0.5) is 8.78 Å². The minimum Gasteiger partial charge on any atom is -0.496 e. The van der Waals surface area contributed by atoms with Crippen molar-refractivity contribution in [3.8, 4) is 5.75 Å². The lowest BCUT2D eigenvalue weighted by atomic mass is 10.1. The molecular weight excluding hydrogens is 272 g/mol. The largest absolute Gasteiger partial charge is 0.496 e. The fourth-order valence-electron chi connectivity index (χ4n) is 2.28. The molecule has 2 nitrogen and oxygen atoms in total. The van der Waals surface area contributed by atoms with Crippen LogP contribution >= 0.6 is 0 Å².